The fourth-order valence-electron chi connectivity index (χ4n) is 3.98. The van der Waals surface area contributed by atoms with Crippen LogP contribution in [-0.4, -0.2) is 40.0 Å². The maximum absolute atomic E-state index is 13.3. The van der Waals surface area contributed by atoms with Crippen LogP contribution in [0.25, 0.3) is 12.2 Å². The van der Waals surface area contributed by atoms with E-state index in [0.717, 1.165) is 44.5 Å². The molecule has 4 heteroatoms. The van der Waals surface area contributed by atoms with E-state index >= 15 is 0 Å². The molecule has 1 fully saturated rings. The number of phenols is 2. The third kappa shape index (κ3) is 4.49. The molecule has 0 radical (unpaired) electrons. The van der Waals surface area contributed by atoms with Crippen LogP contribution in [0.4, 0.5) is 0 Å². The van der Waals surface area contributed by atoms with E-state index in [1.807, 2.05) is 64.1 Å². The lowest BCUT2D eigenvalue weighted by molar-refractivity contribution is -0.113. The number of piperidine rings is 1. The van der Waals surface area contributed by atoms with Crippen molar-refractivity contribution >= 4 is 17.9 Å². The van der Waals surface area contributed by atoms with E-state index in [-0.39, 0.29) is 5.78 Å². The molecule has 1 aliphatic heterocycles. The van der Waals surface area contributed by atoms with Crippen LogP contribution in [-0.2, 0) is 4.79 Å². The summed E-state index contributed by atoms with van der Waals surface area (Å²) in [6, 6.07) is 7.94. The van der Waals surface area contributed by atoms with Gasteiger partial charge in [-0.2, -0.15) is 0 Å². The van der Waals surface area contributed by atoms with Gasteiger partial charge in [-0.1, -0.05) is 0 Å². The molecule has 1 aliphatic rings. The number of Topliss-reactive ketones (excluding diaryl/α,β-unsaturated/α-hetero) is 1. The summed E-state index contributed by atoms with van der Waals surface area (Å²) in [7, 11) is 0. The molecular formula is C26H31NO3. The molecule has 2 N–H and O–H groups in total. The summed E-state index contributed by atoms with van der Waals surface area (Å²) in [5.41, 5.74) is 6.55. The lowest BCUT2D eigenvalue weighted by Gasteiger charge is -2.33. The average Bonchev–Trinajstić information content (AvgIpc) is 2.66. The summed E-state index contributed by atoms with van der Waals surface area (Å²) in [4.78, 5) is 15.6. The number of hydrogen-bond donors (Lipinski definition) is 2. The van der Waals surface area contributed by atoms with E-state index < -0.39 is 0 Å². The van der Waals surface area contributed by atoms with Crippen molar-refractivity contribution in [2.24, 2.45) is 0 Å². The standard InChI is InChI=1S/C26H31NO3/c1-15(2)27-13-22(11-20-7-16(3)24(28)17(4)8-20)26(30)23(14-27)12-21-9-18(5)25(29)19(6)10-21/h7-12,15,28-29H,13-14H2,1-6H3. The van der Waals surface area contributed by atoms with Crippen molar-refractivity contribution in [2.45, 2.75) is 47.6 Å². The Bertz CT molecular complexity index is 934. The molecule has 0 saturated carbocycles. The molecular weight excluding hydrogens is 374 g/mol. The highest BCUT2D eigenvalue weighted by molar-refractivity contribution is 6.14. The second-order valence-electron chi connectivity index (χ2n) is 8.67. The second-order valence-corrected chi connectivity index (χ2v) is 8.67. The minimum absolute atomic E-state index is 0.0543. The molecule has 30 heavy (non-hydrogen) atoms. The van der Waals surface area contributed by atoms with Gasteiger partial charge in [0, 0.05) is 30.3 Å². The molecule has 4 nitrogen and oxygen atoms in total. The van der Waals surface area contributed by atoms with Crippen LogP contribution in [0, 0.1) is 27.7 Å². The highest BCUT2D eigenvalue weighted by Gasteiger charge is 2.27. The van der Waals surface area contributed by atoms with Crippen LogP contribution in [0.15, 0.2) is 35.4 Å². The fraction of sp³-hybridized carbons (Fsp3) is 0.346. The summed E-state index contributed by atoms with van der Waals surface area (Å²) < 4.78 is 0. The minimum atomic E-state index is 0.0543. The molecule has 0 aromatic heterocycles. The predicted molar refractivity (Wildman–Crippen MR) is 123 cm³/mol. The van der Waals surface area contributed by atoms with E-state index in [9.17, 15) is 15.0 Å². The van der Waals surface area contributed by atoms with Gasteiger partial charge in [0.05, 0.1) is 0 Å². The molecule has 0 amide bonds. The molecule has 0 unspecified atom stereocenters. The number of carbonyl (C=O) groups excluding carboxylic acids is 1. The zero-order valence-corrected chi connectivity index (χ0v) is 18.7. The molecule has 3 rings (SSSR count). The molecule has 1 saturated heterocycles. The lowest BCUT2D eigenvalue weighted by Crippen LogP contribution is -2.41. The van der Waals surface area contributed by atoms with Gasteiger partial charge in [0.15, 0.2) is 5.78 Å². The third-order valence-electron chi connectivity index (χ3n) is 5.77. The fourth-order valence-corrected chi connectivity index (χ4v) is 3.98. The molecule has 158 valence electrons. The average molecular weight is 406 g/mol. The van der Waals surface area contributed by atoms with Gasteiger partial charge in [0.25, 0.3) is 0 Å². The topological polar surface area (TPSA) is 60.8 Å². The zero-order chi connectivity index (χ0) is 22.2. The first-order chi connectivity index (χ1) is 14.1. The third-order valence-corrected chi connectivity index (χ3v) is 5.77. The zero-order valence-electron chi connectivity index (χ0n) is 18.7. The number of aromatic hydroxyl groups is 2. The maximum Gasteiger partial charge on any atom is 0.187 e. The van der Waals surface area contributed by atoms with E-state index in [0.29, 0.717) is 30.6 Å². The summed E-state index contributed by atoms with van der Waals surface area (Å²) in [6.07, 6.45) is 3.88. The molecule has 0 spiro atoms. The van der Waals surface area contributed by atoms with Crippen LogP contribution in [0.2, 0.25) is 0 Å². The maximum atomic E-state index is 13.3. The van der Waals surface area contributed by atoms with E-state index in [1.54, 1.807) is 0 Å². The summed E-state index contributed by atoms with van der Waals surface area (Å²) in [6.45, 7) is 12.9. The largest absolute Gasteiger partial charge is 0.507 e. The van der Waals surface area contributed by atoms with Crippen molar-refractivity contribution in [3.63, 3.8) is 0 Å². The quantitative estimate of drug-likeness (QED) is 0.698. The number of phenolic OH excluding ortho intramolecular Hbond substituents is 2. The van der Waals surface area contributed by atoms with Gasteiger partial charge in [-0.25, -0.2) is 0 Å². The van der Waals surface area contributed by atoms with Crippen molar-refractivity contribution in [2.75, 3.05) is 13.1 Å². The highest BCUT2D eigenvalue weighted by Crippen LogP contribution is 2.29. The van der Waals surface area contributed by atoms with Crippen molar-refractivity contribution < 1.29 is 15.0 Å². The van der Waals surface area contributed by atoms with Crippen LogP contribution < -0.4 is 0 Å². The Morgan fingerprint density at radius 2 is 1.10 bits per heavy atom. The Balaban J connectivity index is 2.04. The number of ketones is 1. The Labute approximate surface area is 179 Å². The number of rotatable bonds is 3. The van der Waals surface area contributed by atoms with Crippen molar-refractivity contribution in [3.05, 3.63) is 68.8 Å². The summed E-state index contributed by atoms with van der Waals surface area (Å²) >= 11 is 0. The first kappa shape index (κ1) is 21.8. The van der Waals surface area contributed by atoms with Gasteiger partial charge >= 0.3 is 0 Å². The number of likely N-dealkylation sites (tertiary alicyclic amines) is 1. The first-order valence-electron chi connectivity index (χ1n) is 10.4. The lowest BCUT2D eigenvalue weighted by atomic mass is 9.92. The Kier molecular flexibility index (Phi) is 6.18. The Morgan fingerprint density at radius 1 is 0.767 bits per heavy atom. The van der Waals surface area contributed by atoms with Crippen LogP contribution in [0.3, 0.4) is 0 Å². The number of hydrogen-bond acceptors (Lipinski definition) is 4. The van der Waals surface area contributed by atoms with Crippen LogP contribution in [0.5, 0.6) is 11.5 Å². The predicted octanol–water partition coefficient (Wildman–Crippen LogP) is 5.09. The number of nitrogens with zero attached hydrogens (tertiary/aromatic N) is 1. The number of benzene rings is 2. The Hall–Kier alpha value is -2.85. The van der Waals surface area contributed by atoms with E-state index in [1.165, 1.54) is 0 Å². The van der Waals surface area contributed by atoms with E-state index in [2.05, 4.69) is 18.7 Å². The number of aryl methyl sites for hydroxylation is 4. The van der Waals surface area contributed by atoms with Crippen LogP contribution >= 0.6 is 0 Å². The molecule has 2 aromatic rings. The monoisotopic (exact) mass is 405 g/mol. The Morgan fingerprint density at radius 3 is 1.40 bits per heavy atom. The molecule has 2 aromatic carbocycles. The smallest absolute Gasteiger partial charge is 0.187 e. The van der Waals surface area contributed by atoms with Crippen LogP contribution in [0.1, 0.15) is 47.2 Å². The van der Waals surface area contributed by atoms with Gasteiger partial charge in [-0.3, -0.25) is 9.69 Å². The SMILES string of the molecule is Cc1cc(C=C2CN(C(C)C)CC(=Cc3cc(C)c(O)c(C)c3)C2=O)cc(C)c1O. The second kappa shape index (κ2) is 8.49. The van der Waals surface area contributed by atoms with Gasteiger partial charge in [-0.05, 0) is 111 Å². The molecule has 1 heterocycles. The first-order valence-corrected chi connectivity index (χ1v) is 10.4. The highest BCUT2D eigenvalue weighted by atomic mass is 16.3. The van der Waals surface area contributed by atoms with Crippen molar-refractivity contribution in [3.8, 4) is 11.5 Å². The molecule has 0 atom stereocenters. The molecule has 0 aliphatic carbocycles. The molecule has 0 bridgehead atoms. The van der Waals surface area contributed by atoms with Gasteiger partial charge < -0.3 is 10.2 Å². The van der Waals surface area contributed by atoms with Gasteiger partial charge in [0.2, 0.25) is 0 Å². The number of carbonyl (C=O) groups is 1. The minimum Gasteiger partial charge on any atom is -0.507 e. The van der Waals surface area contributed by atoms with Gasteiger partial charge in [-0.15, -0.1) is 0 Å². The summed E-state index contributed by atoms with van der Waals surface area (Å²) in [5, 5.41) is 20.1. The normalized spacial score (nSPS) is 18.0. The van der Waals surface area contributed by atoms with E-state index in [4.69, 9.17) is 0 Å². The van der Waals surface area contributed by atoms with Crippen molar-refractivity contribution in [1.29, 1.82) is 0 Å². The van der Waals surface area contributed by atoms with Crippen molar-refractivity contribution in [1.82, 2.24) is 4.90 Å². The summed E-state index contributed by atoms with van der Waals surface area (Å²) in [5.74, 6) is 0.655. The van der Waals surface area contributed by atoms with Gasteiger partial charge in [0.1, 0.15) is 11.5 Å².